The molecule has 3 aromatic carbocycles. The van der Waals surface area contributed by atoms with Gasteiger partial charge in [-0.05, 0) is 54.0 Å². The van der Waals surface area contributed by atoms with Crippen molar-refractivity contribution >= 4 is 17.9 Å². The molecule has 0 radical (unpaired) electrons. The minimum atomic E-state index is -0.642. The first-order valence-electron chi connectivity index (χ1n) is 9.68. The van der Waals surface area contributed by atoms with Crippen LogP contribution in [0.3, 0.4) is 0 Å². The molecule has 0 saturated heterocycles. The summed E-state index contributed by atoms with van der Waals surface area (Å²) in [4.78, 5) is 16.4. The summed E-state index contributed by atoms with van der Waals surface area (Å²) < 4.78 is 30.5. The number of rotatable bonds is 6. The van der Waals surface area contributed by atoms with E-state index in [0.29, 0.717) is 23.7 Å². The Morgan fingerprint density at radius 3 is 2.58 bits per heavy atom. The van der Waals surface area contributed by atoms with Gasteiger partial charge in [0.15, 0.2) is 17.2 Å². The maximum atomic E-state index is 14.0. The number of methoxy groups -OCH3 is 1. The Morgan fingerprint density at radius 2 is 1.81 bits per heavy atom. The molecule has 3 aromatic rings. The van der Waals surface area contributed by atoms with Gasteiger partial charge in [0.2, 0.25) is 5.90 Å². The summed E-state index contributed by atoms with van der Waals surface area (Å²) in [5.74, 6) is -0.105. The highest BCUT2D eigenvalue weighted by atomic mass is 19.1. The lowest BCUT2D eigenvalue weighted by atomic mass is 10.1. The minimum absolute atomic E-state index is 0.0566. The molecule has 0 aromatic heterocycles. The summed E-state index contributed by atoms with van der Waals surface area (Å²) in [5, 5.41) is 0. The van der Waals surface area contributed by atoms with Crippen LogP contribution in [-0.2, 0) is 16.1 Å². The number of carbonyl (C=O) groups is 1. The van der Waals surface area contributed by atoms with E-state index in [2.05, 4.69) is 4.99 Å². The van der Waals surface area contributed by atoms with E-state index in [-0.39, 0.29) is 17.2 Å². The van der Waals surface area contributed by atoms with Gasteiger partial charge in [-0.1, -0.05) is 42.5 Å². The Kier molecular flexibility index (Phi) is 5.80. The lowest BCUT2D eigenvalue weighted by Gasteiger charge is -2.12. The van der Waals surface area contributed by atoms with E-state index in [1.165, 1.54) is 12.1 Å². The number of esters is 1. The summed E-state index contributed by atoms with van der Waals surface area (Å²) >= 11 is 0. The second-order valence-corrected chi connectivity index (χ2v) is 6.94. The van der Waals surface area contributed by atoms with E-state index in [4.69, 9.17) is 14.2 Å². The molecule has 0 amide bonds. The molecule has 0 spiro atoms. The van der Waals surface area contributed by atoms with Crippen LogP contribution < -0.4 is 9.47 Å². The Labute approximate surface area is 179 Å². The van der Waals surface area contributed by atoms with E-state index in [0.717, 1.165) is 11.1 Å². The van der Waals surface area contributed by atoms with E-state index in [9.17, 15) is 9.18 Å². The van der Waals surface area contributed by atoms with Crippen molar-refractivity contribution in [1.29, 1.82) is 0 Å². The Bertz CT molecular complexity index is 1200. The lowest BCUT2D eigenvalue weighted by molar-refractivity contribution is -0.129. The second-order valence-electron chi connectivity index (χ2n) is 6.94. The zero-order valence-corrected chi connectivity index (χ0v) is 17.1. The largest absolute Gasteiger partial charge is 0.493 e. The number of aliphatic imine (C=N–C) groups is 1. The molecule has 4 rings (SSSR count). The van der Waals surface area contributed by atoms with Crippen LogP contribution in [0.25, 0.3) is 6.08 Å². The first kappa shape index (κ1) is 20.3. The van der Waals surface area contributed by atoms with Crippen molar-refractivity contribution in [3.63, 3.8) is 0 Å². The third-order valence-electron chi connectivity index (χ3n) is 4.86. The fourth-order valence-corrected chi connectivity index (χ4v) is 3.14. The van der Waals surface area contributed by atoms with Crippen LogP contribution in [-0.4, -0.2) is 19.0 Å². The van der Waals surface area contributed by atoms with Crippen LogP contribution in [0.4, 0.5) is 4.39 Å². The standard InChI is InChI=1S/C25H20FNO4/c1-16-7-3-4-8-18(16)15-30-23-14-17(11-12-22(23)29-2)13-21-25(28)31-24(27-21)19-9-5-6-10-20(19)26/h3-14H,15H2,1-2H3/b21-13+. The highest BCUT2D eigenvalue weighted by molar-refractivity contribution is 6.12. The fraction of sp³-hybridized carbons (Fsp3) is 0.120. The van der Waals surface area contributed by atoms with Crippen molar-refractivity contribution in [2.45, 2.75) is 13.5 Å². The predicted octanol–water partition coefficient (Wildman–Crippen LogP) is 5.07. The number of hydrogen-bond acceptors (Lipinski definition) is 5. The number of ether oxygens (including phenoxy) is 3. The van der Waals surface area contributed by atoms with E-state index >= 15 is 0 Å². The zero-order valence-electron chi connectivity index (χ0n) is 17.1. The summed E-state index contributed by atoms with van der Waals surface area (Å²) in [6.45, 7) is 2.40. The molecule has 0 saturated carbocycles. The number of benzene rings is 3. The molecule has 0 fully saturated rings. The normalized spacial score (nSPS) is 14.4. The van der Waals surface area contributed by atoms with Gasteiger partial charge in [-0.2, -0.15) is 0 Å². The molecule has 6 heteroatoms. The van der Waals surface area contributed by atoms with Crippen molar-refractivity contribution in [1.82, 2.24) is 0 Å². The number of hydrogen-bond donors (Lipinski definition) is 0. The van der Waals surface area contributed by atoms with Crippen LogP contribution in [0, 0.1) is 12.7 Å². The number of carbonyl (C=O) groups excluding carboxylic acids is 1. The first-order valence-corrected chi connectivity index (χ1v) is 9.68. The van der Waals surface area contributed by atoms with Gasteiger partial charge < -0.3 is 14.2 Å². The van der Waals surface area contributed by atoms with Gasteiger partial charge >= 0.3 is 5.97 Å². The Balaban J connectivity index is 1.60. The second kappa shape index (κ2) is 8.83. The monoisotopic (exact) mass is 417 g/mol. The number of nitrogens with zero attached hydrogens (tertiary/aromatic N) is 1. The fourth-order valence-electron chi connectivity index (χ4n) is 3.14. The van der Waals surface area contributed by atoms with Crippen molar-refractivity contribution in [2.24, 2.45) is 4.99 Å². The summed E-state index contributed by atoms with van der Waals surface area (Å²) in [6, 6.07) is 19.2. The first-order chi connectivity index (χ1) is 15.0. The molecule has 0 N–H and O–H groups in total. The molecule has 0 bridgehead atoms. The van der Waals surface area contributed by atoms with Crippen molar-refractivity contribution in [3.8, 4) is 11.5 Å². The summed E-state index contributed by atoms with van der Waals surface area (Å²) in [5.41, 5.74) is 3.07. The van der Waals surface area contributed by atoms with Crippen molar-refractivity contribution in [3.05, 3.63) is 100 Å². The molecule has 1 aliphatic rings. The van der Waals surface area contributed by atoms with E-state index in [1.807, 2.05) is 31.2 Å². The SMILES string of the molecule is COc1ccc(/C=C2/N=C(c3ccccc3F)OC2=O)cc1OCc1ccccc1C. The third-order valence-corrected chi connectivity index (χ3v) is 4.86. The quantitative estimate of drug-likeness (QED) is 0.415. The molecule has 0 aliphatic carbocycles. The van der Waals surface area contributed by atoms with Crippen LogP contribution in [0.15, 0.2) is 77.4 Å². The topological polar surface area (TPSA) is 57.1 Å². The molecule has 31 heavy (non-hydrogen) atoms. The molecule has 5 nitrogen and oxygen atoms in total. The molecular weight excluding hydrogens is 397 g/mol. The van der Waals surface area contributed by atoms with E-state index in [1.54, 1.807) is 43.5 Å². The van der Waals surface area contributed by atoms with Gasteiger partial charge in [0.25, 0.3) is 0 Å². The highest BCUT2D eigenvalue weighted by Gasteiger charge is 2.26. The molecule has 0 unspecified atom stereocenters. The van der Waals surface area contributed by atoms with Crippen LogP contribution in [0.1, 0.15) is 22.3 Å². The van der Waals surface area contributed by atoms with Gasteiger partial charge in [0.05, 0.1) is 12.7 Å². The Hall–Kier alpha value is -3.93. The van der Waals surface area contributed by atoms with Gasteiger partial charge in [0, 0.05) is 0 Å². The molecular formula is C25H20FNO4. The molecule has 156 valence electrons. The maximum Gasteiger partial charge on any atom is 0.363 e. The predicted molar refractivity (Wildman–Crippen MR) is 116 cm³/mol. The van der Waals surface area contributed by atoms with Gasteiger partial charge in [-0.3, -0.25) is 0 Å². The number of aryl methyl sites for hydroxylation is 1. The minimum Gasteiger partial charge on any atom is -0.493 e. The van der Waals surface area contributed by atoms with Crippen LogP contribution in [0.5, 0.6) is 11.5 Å². The van der Waals surface area contributed by atoms with Gasteiger partial charge in [0.1, 0.15) is 12.4 Å². The number of cyclic esters (lactones) is 1. The van der Waals surface area contributed by atoms with Crippen LogP contribution in [0.2, 0.25) is 0 Å². The maximum absolute atomic E-state index is 14.0. The molecule has 1 aliphatic heterocycles. The highest BCUT2D eigenvalue weighted by Crippen LogP contribution is 2.31. The average Bonchev–Trinajstić information content (AvgIpc) is 3.13. The molecule has 0 atom stereocenters. The van der Waals surface area contributed by atoms with Gasteiger partial charge in [-0.15, -0.1) is 0 Å². The van der Waals surface area contributed by atoms with E-state index < -0.39 is 11.8 Å². The smallest absolute Gasteiger partial charge is 0.363 e. The average molecular weight is 417 g/mol. The molecule has 1 heterocycles. The van der Waals surface area contributed by atoms with Gasteiger partial charge in [-0.25, -0.2) is 14.2 Å². The third kappa shape index (κ3) is 4.48. The summed E-state index contributed by atoms with van der Waals surface area (Å²) in [7, 11) is 1.56. The lowest BCUT2D eigenvalue weighted by Crippen LogP contribution is -2.07. The van der Waals surface area contributed by atoms with Crippen molar-refractivity contribution < 1.29 is 23.4 Å². The zero-order chi connectivity index (χ0) is 21.8. The van der Waals surface area contributed by atoms with Crippen LogP contribution >= 0.6 is 0 Å². The summed E-state index contributed by atoms with van der Waals surface area (Å²) in [6.07, 6.45) is 1.57. The Morgan fingerprint density at radius 1 is 1.03 bits per heavy atom. The van der Waals surface area contributed by atoms with Crippen molar-refractivity contribution in [2.75, 3.05) is 7.11 Å². The number of halogens is 1.